The van der Waals surface area contributed by atoms with Crippen molar-refractivity contribution in [2.24, 2.45) is 0 Å². The molecule has 0 bridgehead atoms. The molecule has 0 saturated carbocycles. The van der Waals surface area contributed by atoms with Crippen molar-refractivity contribution in [1.82, 2.24) is 24.4 Å². The first kappa shape index (κ1) is 27.1. The van der Waals surface area contributed by atoms with Crippen molar-refractivity contribution in [3.63, 3.8) is 0 Å². The lowest BCUT2D eigenvalue weighted by atomic mass is 9.95. The number of rotatable bonds is 9. The number of benzene rings is 3. The Morgan fingerprint density at radius 2 is 1.27 bits per heavy atom. The molecule has 10 heteroatoms. The monoisotopic (exact) mass is 571 g/mol. The number of fused-ring (bicyclic) bond motifs is 1. The topological polar surface area (TPSA) is 84.6 Å². The van der Waals surface area contributed by atoms with Crippen molar-refractivity contribution in [2.45, 2.75) is 12.1 Å². The molecule has 0 amide bonds. The van der Waals surface area contributed by atoms with Crippen LogP contribution >= 0.6 is 11.3 Å². The van der Waals surface area contributed by atoms with Crippen molar-refractivity contribution < 1.29 is 19.3 Å². The van der Waals surface area contributed by atoms with Crippen molar-refractivity contribution in [3.05, 3.63) is 101 Å². The maximum absolute atomic E-state index is 11.3. The smallest absolute Gasteiger partial charge is 0.230 e. The first-order chi connectivity index (χ1) is 20.1. The zero-order chi connectivity index (χ0) is 28.3. The predicted octanol–water partition coefficient (Wildman–Crippen LogP) is 5.02. The predicted molar refractivity (Wildman–Crippen MR) is 158 cm³/mol. The number of piperazine rings is 1. The van der Waals surface area contributed by atoms with Gasteiger partial charge in [0.15, 0.2) is 11.5 Å². The molecule has 6 rings (SSSR count). The number of hydrogen-bond donors (Lipinski definition) is 1. The Morgan fingerprint density at radius 1 is 0.732 bits per heavy atom. The molecule has 0 radical (unpaired) electrons. The van der Waals surface area contributed by atoms with E-state index in [4.69, 9.17) is 14.2 Å². The fourth-order valence-electron chi connectivity index (χ4n) is 5.80. The SMILES string of the molecule is COc1cc([C@@H](c2sc3ncnn3c2O)N2CCN(C(c3ccccc3)c3ccccc3)CC2)cc(OC)c1OC. The van der Waals surface area contributed by atoms with Crippen LogP contribution in [0.2, 0.25) is 0 Å². The third-order valence-corrected chi connectivity index (χ3v) is 8.79. The number of aromatic hydroxyl groups is 1. The van der Waals surface area contributed by atoms with Gasteiger partial charge < -0.3 is 19.3 Å². The van der Waals surface area contributed by atoms with Gasteiger partial charge in [0.1, 0.15) is 6.33 Å². The Kier molecular flexibility index (Phi) is 7.78. The highest BCUT2D eigenvalue weighted by Crippen LogP contribution is 2.46. The van der Waals surface area contributed by atoms with E-state index in [1.54, 1.807) is 21.3 Å². The number of hydrogen-bond acceptors (Lipinski definition) is 9. The number of nitrogens with zero attached hydrogens (tertiary/aromatic N) is 5. The van der Waals surface area contributed by atoms with Gasteiger partial charge in [-0.15, -0.1) is 0 Å². The summed E-state index contributed by atoms with van der Waals surface area (Å²) in [4.78, 5) is 10.7. The van der Waals surface area contributed by atoms with E-state index in [0.717, 1.165) is 36.6 Å². The summed E-state index contributed by atoms with van der Waals surface area (Å²) in [5, 5.41) is 15.5. The van der Waals surface area contributed by atoms with Crippen LogP contribution < -0.4 is 14.2 Å². The van der Waals surface area contributed by atoms with Crippen LogP contribution in [0.3, 0.4) is 0 Å². The molecule has 1 saturated heterocycles. The number of ether oxygens (including phenoxy) is 3. The minimum Gasteiger partial charge on any atom is -0.493 e. The number of aromatic nitrogens is 3. The Balaban J connectivity index is 1.37. The Bertz CT molecular complexity index is 1530. The molecule has 1 N–H and O–H groups in total. The first-order valence-corrected chi connectivity index (χ1v) is 14.3. The van der Waals surface area contributed by atoms with Gasteiger partial charge in [-0.25, -0.2) is 4.98 Å². The molecule has 5 aromatic rings. The summed E-state index contributed by atoms with van der Waals surface area (Å²) < 4.78 is 18.5. The number of methoxy groups -OCH3 is 3. The third kappa shape index (κ3) is 5.10. The fourth-order valence-corrected chi connectivity index (χ4v) is 6.89. The van der Waals surface area contributed by atoms with E-state index in [-0.39, 0.29) is 18.0 Å². The molecule has 1 atom stereocenters. The summed E-state index contributed by atoms with van der Waals surface area (Å²) >= 11 is 1.44. The van der Waals surface area contributed by atoms with Crippen LogP contribution in [0.4, 0.5) is 0 Å². The van der Waals surface area contributed by atoms with Gasteiger partial charge in [-0.2, -0.15) is 9.61 Å². The molecule has 2 aromatic heterocycles. The standard InChI is InChI=1S/C31H33N5O4S/c1-38-24-18-23(19-25(39-2)28(24)40-3)27(29-30(37)36-31(41-29)32-20-33-36)35-16-14-34(15-17-35)26(21-10-6-4-7-11-21)22-12-8-5-9-13-22/h4-13,18-20,26-27,37H,14-17H2,1-3H3/t27-/m0/s1. The Hall–Kier alpha value is -4.12. The zero-order valence-electron chi connectivity index (χ0n) is 23.3. The van der Waals surface area contributed by atoms with Crippen molar-refractivity contribution in [2.75, 3.05) is 47.5 Å². The molecular weight excluding hydrogens is 538 g/mol. The molecular formula is C31H33N5O4S. The van der Waals surface area contributed by atoms with Gasteiger partial charge in [0.25, 0.3) is 0 Å². The molecule has 41 heavy (non-hydrogen) atoms. The number of thiazole rings is 1. The van der Waals surface area contributed by atoms with Crippen LogP contribution in [0.1, 0.15) is 33.7 Å². The summed E-state index contributed by atoms with van der Waals surface area (Å²) in [7, 11) is 4.82. The van der Waals surface area contributed by atoms with Gasteiger partial charge in [0.05, 0.1) is 38.3 Å². The summed E-state index contributed by atoms with van der Waals surface area (Å²) in [6.45, 7) is 3.25. The first-order valence-electron chi connectivity index (χ1n) is 13.5. The van der Waals surface area contributed by atoms with E-state index >= 15 is 0 Å². The van der Waals surface area contributed by atoms with Gasteiger partial charge in [0, 0.05) is 26.2 Å². The molecule has 3 aromatic carbocycles. The van der Waals surface area contributed by atoms with Crippen molar-refractivity contribution in [1.29, 1.82) is 0 Å². The average Bonchev–Trinajstić information content (AvgIpc) is 3.61. The maximum Gasteiger partial charge on any atom is 0.230 e. The van der Waals surface area contributed by atoms with E-state index in [9.17, 15) is 5.11 Å². The highest BCUT2D eigenvalue weighted by Gasteiger charge is 2.35. The molecule has 0 unspecified atom stereocenters. The molecule has 1 aliphatic rings. The van der Waals surface area contributed by atoms with Gasteiger partial charge in [0.2, 0.25) is 16.6 Å². The Labute approximate surface area is 243 Å². The second-order valence-electron chi connectivity index (χ2n) is 9.90. The molecule has 212 valence electrons. The normalized spacial score (nSPS) is 15.3. The minimum atomic E-state index is -0.272. The van der Waals surface area contributed by atoms with Gasteiger partial charge in [-0.1, -0.05) is 72.0 Å². The summed E-state index contributed by atoms with van der Waals surface area (Å²) in [6, 6.07) is 25.2. The van der Waals surface area contributed by atoms with Crippen molar-refractivity contribution in [3.8, 4) is 23.1 Å². The lowest BCUT2D eigenvalue weighted by Gasteiger charge is -2.42. The van der Waals surface area contributed by atoms with E-state index in [1.807, 2.05) is 12.1 Å². The van der Waals surface area contributed by atoms with Gasteiger partial charge >= 0.3 is 0 Å². The van der Waals surface area contributed by atoms with E-state index in [1.165, 1.54) is 33.3 Å². The van der Waals surface area contributed by atoms with Crippen LogP contribution in [-0.4, -0.2) is 77.0 Å². The van der Waals surface area contributed by atoms with E-state index in [2.05, 4.69) is 80.5 Å². The minimum absolute atomic E-state index is 0.0927. The van der Waals surface area contributed by atoms with E-state index in [0.29, 0.717) is 22.2 Å². The molecule has 1 fully saturated rings. The molecule has 1 aliphatic heterocycles. The van der Waals surface area contributed by atoms with Gasteiger partial charge in [-0.3, -0.25) is 9.80 Å². The van der Waals surface area contributed by atoms with Crippen LogP contribution in [0.25, 0.3) is 4.96 Å². The molecule has 9 nitrogen and oxygen atoms in total. The summed E-state index contributed by atoms with van der Waals surface area (Å²) in [5.41, 5.74) is 3.48. The quantitative estimate of drug-likeness (QED) is 0.264. The largest absolute Gasteiger partial charge is 0.493 e. The Morgan fingerprint density at radius 3 is 1.76 bits per heavy atom. The fraction of sp³-hybridized carbons (Fsp3) is 0.290. The van der Waals surface area contributed by atoms with Crippen LogP contribution in [-0.2, 0) is 0 Å². The van der Waals surface area contributed by atoms with Crippen LogP contribution in [0, 0.1) is 0 Å². The second-order valence-corrected chi connectivity index (χ2v) is 10.9. The average molecular weight is 572 g/mol. The maximum atomic E-state index is 11.3. The zero-order valence-corrected chi connectivity index (χ0v) is 24.1. The third-order valence-electron chi connectivity index (χ3n) is 7.70. The second kappa shape index (κ2) is 11.8. The summed E-state index contributed by atoms with van der Waals surface area (Å²) in [5.74, 6) is 1.76. The molecule has 0 spiro atoms. The molecule has 0 aliphatic carbocycles. The lowest BCUT2D eigenvalue weighted by molar-refractivity contribution is 0.0897. The van der Waals surface area contributed by atoms with Gasteiger partial charge in [-0.05, 0) is 28.8 Å². The highest BCUT2D eigenvalue weighted by atomic mass is 32.1. The molecule has 3 heterocycles. The highest BCUT2D eigenvalue weighted by molar-refractivity contribution is 7.17. The summed E-state index contributed by atoms with van der Waals surface area (Å²) in [6.07, 6.45) is 1.45. The lowest BCUT2D eigenvalue weighted by Crippen LogP contribution is -2.49. The van der Waals surface area contributed by atoms with E-state index < -0.39 is 0 Å². The van der Waals surface area contributed by atoms with Crippen LogP contribution in [0.5, 0.6) is 23.1 Å². The van der Waals surface area contributed by atoms with Crippen molar-refractivity contribution >= 4 is 16.3 Å². The van der Waals surface area contributed by atoms with Crippen LogP contribution in [0.15, 0.2) is 79.1 Å².